The number of anilines is 1. The minimum absolute atomic E-state index is 0.152. The summed E-state index contributed by atoms with van der Waals surface area (Å²) < 4.78 is 12.1. The monoisotopic (exact) mass is 409 g/mol. The summed E-state index contributed by atoms with van der Waals surface area (Å²) in [6.45, 7) is 5.98. The Morgan fingerprint density at radius 2 is 2.10 bits per heavy atom. The number of thioether (sulfide) groups is 1. The second-order valence-corrected chi connectivity index (χ2v) is 7.74. The smallest absolute Gasteiger partial charge is 0.262 e. The molecule has 1 aliphatic rings. The van der Waals surface area contributed by atoms with E-state index in [0.29, 0.717) is 39.8 Å². The van der Waals surface area contributed by atoms with Gasteiger partial charge in [0.1, 0.15) is 0 Å². The zero-order valence-corrected chi connectivity index (χ0v) is 16.6. The van der Waals surface area contributed by atoms with Crippen LogP contribution in [0.3, 0.4) is 0 Å². The molecule has 1 unspecified atom stereocenters. The topological polar surface area (TPSA) is 82.5 Å². The standard InChI is InChI=1S/C21H19N3O4S/c1-3-10-24-20(26)15-6-4-5-7-16(15)23-21(24)29-13(2)19(25)22-14-8-9-17-18(11-14)28-12-27-17/h3-9,11,13H,1,10,12H2,2H3,(H,22,25). The van der Waals surface area contributed by atoms with Gasteiger partial charge in [0.15, 0.2) is 16.7 Å². The Balaban J connectivity index is 1.57. The van der Waals surface area contributed by atoms with Gasteiger partial charge in [-0.05, 0) is 31.2 Å². The Labute approximate surface area is 171 Å². The van der Waals surface area contributed by atoms with Crippen LogP contribution in [0.2, 0.25) is 0 Å². The van der Waals surface area contributed by atoms with Crippen LogP contribution in [0.15, 0.2) is 65.1 Å². The lowest BCUT2D eigenvalue weighted by atomic mass is 10.2. The largest absolute Gasteiger partial charge is 0.454 e. The van der Waals surface area contributed by atoms with Gasteiger partial charge in [-0.2, -0.15) is 0 Å². The summed E-state index contributed by atoms with van der Waals surface area (Å²) >= 11 is 1.23. The van der Waals surface area contributed by atoms with Gasteiger partial charge in [0.2, 0.25) is 12.7 Å². The first-order valence-corrected chi connectivity index (χ1v) is 9.92. The number of benzene rings is 2. The highest BCUT2D eigenvalue weighted by Crippen LogP contribution is 2.34. The van der Waals surface area contributed by atoms with Gasteiger partial charge in [0, 0.05) is 18.3 Å². The summed E-state index contributed by atoms with van der Waals surface area (Å²) in [6, 6.07) is 12.4. The van der Waals surface area contributed by atoms with Crippen LogP contribution in [0.5, 0.6) is 11.5 Å². The van der Waals surface area contributed by atoms with E-state index in [0.717, 1.165) is 0 Å². The summed E-state index contributed by atoms with van der Waals surface area (Å²) in [5.74, 6) is 1.04. The van der Waals surface area contributed by atoms with Crippen molar-refractivity contribution in [3.63, 3.8) is 0 Å². The van der Waals surface area contributed by atoms with Crippen molar-refractivity contribution < 1.29 is 14.3 Å². The van der Waals surface area contributed by atoms with Crippen molar-refractivity contribution in [2.24, 2.45) is 0 Å². The molecule has 7 nitrogen and oxygen atoms in total. The number of fused-ring (bicyclic) bond motifs is 2. The number of nitrogens with one attached hydrogen (secondary N) is 1. The van der Waals surface area contributed by atoms with E-state index >= 15 is 0 Å². The zero-order chi connectivity index (χ0) is 20.4. The van der Waals surface area contributed by atoms with Crippen molar-refractivity contribution in [1.29, 1.82) is 0 Å². The summed E-state index contributed by atoms with van der Waals surface area (Å²) in [4.78, 5) is 30.1. The third-order valence-electron chi connectivity index (χ3n) is 4.43. The number of allylic oxidation sites excluding steroid dienone is 1. The number of amides is 1. The first kappa shape index (κ1) is 19.1. The maximum atomic E-state index is 12.8. The van der Waals surface area contributed by atoms with Crippen LogP contribution in [-0.4, -0.2) is 27.5 Å². The molecule has 2 aromatic carbocycles. The molecule has 1 atom stereocenters. The number of rotatable bonds is 6. The molecule has 148 valence electrons. The average Bonchev–Trinajstić information content (AvgIpc) is 3.18. The molecule has 1 aromatic heterocycles. The van der Waals surface area contributed by atoms with Gasteiger partial charge in [-0.1, -0.05) is 30.0 Å². The van der Waals surface area contributed by atoms with Crippen molar-refractivity contribution in [2.45, 2.75) is 23.9 Å². The molecule has 0 aliphatic carbocycles. The predicted molar refractivity (Wildman–Crippen MR) is 113 cm³/mol. The van der Waals surface area contributed by atoms with Crippen molar-refractivity contribution in [1.82, 2.24) is 9.55 Å². The molecular formula is C21H19N3O4S. The van der Waals surface area contributed by atoms with Gasteiger partial charge in [0.25, 0.3) is 5.56 Å². The number of nitrogens with zero attached hydrogens (tertiary/aromatic N) is 2. The van der Waals surface area contributed by atoms with Crippen LogP contribution in [0.4, 0.5) is 5.69 Å². The maximum Gasteiger partial charge on any atom is 0.262 e. The molecular weight excluding hydrogens is 390 g/mol. The van der Waals surface area contributed by atoms with Crippen LogP contribution >= 0.6 is 11.8 Å². The zero-order valence-electron chi connectivity index (χ0n) is 15.8. The van der Waals surface area contributed by atoms with Gasteiger partial charge >= 0.3 is 0 Å². The van der Waals surface area contributed by atoms with Crippen LogP contribution < -0.4 is 20.3 Å². The minimum atomic E-state index is -0.482. The Bertz CT molecular complexity index is 1160. The molecule has 4 rings (SSSR count). The Morgan fingerprint density at radius 1 is 1.31 bits per heavy atom. The first-order chi connectivity index (χ1) is 14.1. The van der Waals surface area contributed by atoms with Crippen molar-refractivity contribution in [3.05, 3.63) is 65.5 Å². The summed E-state index contributed by atoms with van der Waals surface area (Å²) in [5.41, 5.74) is 1.06. The molecule has 2 heterocycles. The second-order valence-electron chi connectivity index (χ2n) is 6.43. The molecule has 1 aliphatic heterocycles. The highest BCUT2D eigenvalue weighted by molar-refractivity contribution is 8.00. The SMILES string of the molecule is C=CCn1c(SC(C)C(=O)Nc2ccc3c(c2)OCO3)nc2ccccc2c1=O. The van der Waals surface area contributed by atoms with Gasteiger partial charge in [-0.15, -0.1) is 6.58 Å². The third kappa shape index (κ3) is 3.84. The predicted octanol–water partition coefficient (Wildman–Crippen LogP) is 3.43. The number of para-hydroxylation sites is 1. The molecule has 1 amide bonds. The van der Waals surface area contributed by atoms with E-state index in [1.54, 1.807) is 49.4 Å². The molecule has 1 N–H and O–H groups in total. The van der Waals surface area contributed by atoms with Crippen molar-refractivity contribution in [2.75, 3.05) is 12.1 Å². The van der Waals surface area contributed by atoms with Crippen LogP contribution in [-0.2, 0) is 11.3 Å². The van der Waals surface area contributed by atoms with Gasteiger partial charge in [0.05, 0.1) is 16.2 Å². The highest BCUT2D eigenvalue weighted by Gasteiger charge is 2.20. The number of hydrogen-bond donors (Lipinski definition) is 1. The van der Waals surface area contributed by atoms with E-state index in [-0.39, 0.29) is 18.3 Å². The lowest BCUT2D eigenvalue weighted by molar-refractivity contribution is -0.115. The Kier molecular flexibility index (Phi) is 5.26. The normalized spacial score (nSPS) is 13.3. The fourth-order valence-electron chi connectivity index (χ4n) is 2.96. The van der Waals surface area contributed by atoms with Gasteiger partial charge in [-0.25, -0.2) is 4.98 Å². The number of ether oxygens (including phenoxy) is 2. The van der Waals surface area contributed by atoms with E-state index < -0.39 is 5.25 Å². The molecule has 3 aromatic rings. The van der Waals surface area contributed by atoms with E-state index in [9.17, 15) is 9.59 Å². The van der Waals surface area contributed by atoms with E-state index in [4.69, 9.17) is 9.47 Å². The Hall–Kier alpha value is -3.26. The maximum absolute atomic E-state index is 12.8. The number of carbonyl (C=O) groups excluding carboxylic acids is 1. The summed E-state index contributed by atoms with van der Waals surface area (Å²) in [7, 11) is 0. The van der Waals surface area contributed by atoms with Gasteiger partial charge in [-0.3, -0.25) is 14.2 Å². The molecule has 0 saturated carbocycles. The molecule has 0 saturated heterocycles. The molecule has 0 fully saturated rings. The summed E-state index contributed by atoms with van der Waals surface area (Å²) in [6.07, 6.45) is 1.64. The highest BCUT2D eigenvalue weighted by atomic mass is 32.2. The Morgan fingerprint density at radius 3 is 2.93 bits per heavy atom. The number of aromatic nitrogens is 2. The second kappa shape index (κ2) is 8.00. The lowest BCUT2D eigenvalue weighted by Crippen LogP contribution is -2.26. The third-order valence-corrected chi connectivity index (χ3v) is 5.52. The van der Waals surface area contributed by atoms with Gasteiger partial charge < -0.3 is 14.8 Å². The molecule has 29 heavy (non-hydrogen) atoms. The first-order valence-electron chi connectivity index (χ1n) is 9.04. The minimum Gasteiger partial charge on any atom is -0.454 e. The van der Waals surface area contributed by atoms with E-state index in [1.165, 1.54) is 16.3 Å². The number of hydrogen-bond acceptors (Lipinski definition) is 6. The quantitative estimate of drug-likeness (QED) is 0.382. The van der Waals surface area contributed by atoms with Crippen LogP contribution in [0.1, 0.15) is 6.92 Å². The molecule has 0 spiro atoms. The average molecular weight is 409 g/mol. The van der Waals surface area contributed by atoms with E-state index in [2.05, 4.69) is 16.9 Å². The molecule has 0 radical (unpaired) electrons. The van der Waals surface area contributed by atoms with Crippen LogP contribution in [0.25, 0.3) is 10.9 Å². The van der Waals surface area contributed by atoms with Crippen LogP contribution in [0, 0.1) is 0 Å². The number of carbonyl (C=O) groups is 1. The fraction of sp³-hybridized carbons (Fsp3) is 0.190. The van der Waals surface area contributed by atoms with Crippen molar-refractivity contribution in [3.8, 4) is 11.5 Å². The van der Waals surface area contributed by atoms with Crippen molar-refractivity contribution >= 4 is 34.3 Å². The summed E-state index contributed by atoms with van der Waals surface area (Å²) in [5, 5.41) is 3.39. The molecule has 0 bridgehead atoms. The lowest BCUT2D eigenvalue weighted by Gasteiger charge is -2.15. The van der Waals surface area contributed by atoms with E-state index in [1.807, 2.05) is 6.07 Å². The fourth-order valence-corrected chi connectivity index (χ4v) is 3.88. The molecule has 8 heteroatoms.